The number of hydrogen-bond acceptors (Lipinski definition) is 7. The summed E-state index contributed by atoms with van der Waals surface area (Å²) in [6, 6.07) is 6.99. The van der Waals surface area contributed by atoms with Gasteiger partial charge in [-0.25, -0.2) is 0 Å². The molecule has 7 nitrogen and oxygen atoms in total. The lowest BCUT2D eigenvalue weighted by molar-refractivity contribution is 0.0214. The molecule has 0 radical (unpaired) electrons. The molecule has 0 fully saturated rings. The molecule has 2 atom stereocenters. The van der Waals surface area contributed by atoms with Crippen LogP contribution in [0.4, 0.5) is 0 Å². The van der Waals surface area contributed by atoms with Crippen LogP contribution in [-0.4, -0.2) is 41.4 Å². The van der Waals surface area contributed by atoms with Crippen LogP contribution in [0.5, 0.6) is 28.7 Å². The average Bonchev–Trinajstić information content (AvgIpc) is 2.59. The normalized spacial score (nSPS) is 19.4. The summed E-state index contributed by atoms with van der Waals surface area (Å²) < 4.78 is 15.8. The number of phenolic OH excluding ortho intramolecular Hbond substituents is 2. The highest BCUT2D eigenvalue weighted by molar-refractivity contribution is 6.03. The first-order chi connectivity index (χ1) is 11.5. The number of carbonyl (C=O) groups excluding carboxylic acids is 1. The molecular formula is C17H16O7. The number of Topliss-reactive ketones (excluding diaryl/α,β-unsaturated/α-hetero) is 1. The summed E-state index contributed by atoms with van der Waals surface area (Å²) in [5.41, 5.74) is 0.533. The SMILES string of the molecule is COc1cc([C@H]2Oc3cc(OC)c(O)cc3C(=O)[C@@H]2O)ccc1O. The van der Waals surface area contributed by atoms with Crippen molar-refractivity contribution < 1.29 is 34.3 Å². The number of ether oxygens (including phenoxy) is 3. The maximum Gasteiger partial charge on any atom is 0.199 e. The summed E-state index contributed by atoms with van der Waals surface area (Å²) in [5.74, 6) is -0.317. The highest BCUT2D eigenvalue weighted by Gasteiger charge is 2.38. The van der Waals surface area contributed by atoms with Gasteiger partial charge in [-0.15, -0.1) is 0 Å². The van der Waals surface area contributed by atoms with Crippen molar-refractivity contribution in [2.75, 3.05) is 14.2 Å². The van der Waals surface area contributed by atoms with Gasteiger partial charge in [0, 0.05) is 6.07 Å². The lowest BCUT2D eigenvalue weighted by Crippen LogP contribution is -2.36. The lowest BCUT2D eigenvalue weighted by atomic mass is 9.93. The van der Waals surface area contributed by atoms with Crippen LogP contribution in [0.3, 0.4) is 0 Å². The van der Waals surface area contributed by atoms with Crippen LogP contribution in [0.25, 0.3) is 0 Å². The topological polar surface area (TPSA) is 105 Å². The third kappa shape index (κ3) is 2.48. The van der Waals surface area contributed by atoms with E-state index in [4.69, 9.17) is 14.2 Å². The molecule has 0 amide bonds. The van der Waals surface area contributed by atoms with Crippen molar-refractivity contribution in [2.24, 2.45) is 0 Å². The fourth-order valence-electron chi connectivity index (χ4n) is 2.62. The molecule has 2 aromatic carbocycles. The van der Waals surface area contributed by atoms with Crippen LogP contribution in [-0.2, 0) is 0 Å². The zero-order valence-electron chi connectivity index (χ0n) is 13.0. The Balaban J connectivity index is 2.05. The van der Waals surface area contributed by atoms with Crippen molar-refractivity contribution in [3.63, 3.8) is 0 Å². The van der Waals surface area contributed by atoms with Gasteiger partial charge in [0.25, 0.3) is 0 Å². The van der Waals surface area contributed by atoms with Crippen molar-refractivity contribution in [1.29, 1.82) is 0 Å². The van der Waals surface area contributed by atoms with E-state index in [0.29, 0.717) is 5.56 Å². The number of aliphatic hydroxyl groups excluding tert-OH is 1. The molecule has 2 aromatic rings. The second-order valence-electron chi connectivity index (χ2n) is 5.30. The predicted octanol–water partition coefficient (Wildman–Crippen LogP) is 1.79. The number of carbonyl (C=O) groups is 1. The Kier molecular flexibility index (Phi) is 3.94. The Bertz CT molecular complexity index is 800. The largest absolute Gasteiger partial charge is 0.504 e. The third-order valence-electron chi connectivity index (χ3n) is 3.89. The zero-order valence-corrected chi connectivity index (χ0v) is 13.0. The van der Waals surface area contributed by atoms with E-state index in [2.05, 4.69) is 0 Å². The molecule has 0 saturated carbocycles. The van der Waals surface area contributed by atoms with Crippen LogP contribution in [0, 0.1) is 0 Å². The van der Waals surface area contributed by atoms with Gasteiger partial charge >= 0.3 is 0 Å². The van der Waals surface area contributed by atoms with Crippen molar-refractivity contribution >= 4 is 5.78 Å². The monoisotopic (exact) mass is 332 g/mol. The van der Waals surface area contributed by atoms with Crippen LogP contribution in [0.15, 0.2) is 30.3 Å². The van der Waals surface area contributed by atoms with Gasteiger partial charge in [-0.2, -0.15) is 0 Å². The molecule has 0 saturated heterocycles. The Morgan fingerprint density at radius 3 is 2.33 bits per heavy atom. The molecule has 1 aliphatic rings. The van der Waals surface area contributed by atoms with E-state index in [9.17, 15) is 20.1 Å². The van der Waals surface area contributed by atoms with Crippen LogP contribution >= 0.6 is 0 Å². The first-order valence-electron chi connectivity index (χ1n) is 7.13. The van der Waals surface area contributed by atoms with E-state index in [1.165, 1.54) is 44.6 Å². The molecule has 3 N–H and O–H groups in total. The van der Waals surface area contributed by atoms with Gasteiger partial charge in [0.05, 0.1) is 19.8 Å². The number of methoxy groups -OCH3 is 2. The smallest absolute Gasteiger partial charge is 0.199 e. The number of rotatable bonds is 3. The zero-order chi connectivity index (χ0) is 17.4. The third-order valence-corrected chi connectivity index (χ3v) is 3.89. The van der Waals surface area contributed by atoms with Crippen molar-refractivity contribution in [1.82, 2.24) is 0 Å². The number of phenols is 2. The Morgan fingerprint density at radius 1 is 1.00 bits per heavy atom. The summed E-state index contributed by atoms with van der Waals surface area (Å²) in [4.78, 5) is 12.4. The minimum Gasteiger partial charge on any atom is -0.504 e. The van der Waals surface area contributed by atoms with Crippen LogP contribution in [0.1, 0.15) is 22.0 Å². The molecular weight excluding hydrogens is 316 g/mol. The standard InChI is InChI=1S/C17H16O7/c1-22-13-5-8(3-4-10(13)18)17-16(21)15(20)9-6-11(19)14(23-2)7-12(9)24-17/h3-7,16-19,21H,1-2H3/t16-,17+/m0/s1. The molecule has 1 heterocycles. The first kappa shape index (κ1) is 15.9. The quantitative estimate of drug-likeness (QED) is 0.787. The van der Waals surface area contributed by atoms with Crippen molar-refractivity contribution in [3.05, 3.63) is 41.5 Å². The summed E-state index contributed by atoms with van der Waals surface area (Å²) in [6.45, 7) is 0. The first-order valence-corrected chi connectivity index (χ1v) is 7.13. The van der Waals surface area contributed by atoms with Crippen molar-refractivity contribution in [3.8, 4) is 28.7 Å². The van der Waals surface area contributed by atoms with E-state index < -0.39 is 18.0 Å². The molecule has 1 aliphatic heterocycles. The van der Waals surface area contributed by atoms with Crippen molar-refractivity contribution in [2.45, 2.75) is 12.2 Å². The predicted molar refractivity (Wildman–Crippen MR) is 83.0 cm³/mol. The van der Waals surface area contributed by atoms with Crippen LogP contribution < -0.4 is 14.2 Å². The molecule has 3 rings (SSSR count). The number of benzene rings is 2. The second-order valence-corrected chi connectivity index (χ2v) is 5.30. The number of fused-ring (bicyclic) bond motifs is 1. The van der Waals surface area contributed by atoms with E-state index in [1.807, 2.05) is 0 Å². The molecule has 24 heavy (non-hydrogen) atoms. The van der Waals surface area contributed by atoms with Gasteiger partial charge in [-0.3, -0.25) is 4.79 Å². The molecule has 0 aliphatic carbocycles. The average molecular weight is 332 g/mol. The van der Waals surface area contributed by atoms with Gasteiger partial charge in [-0.05, 0) is 23.8 Å². The molecule has 0 unspecified atom stereocenters. The Labute approximate surface area is 137 Å². The van der Waals surface area contributed by atoms with Gasteiger partial charge in [-0.1, -0.05) is 6.07 Å². The summed E-state index contributed by atoms with van der Waals surface area (Å²) in [7, 11) is 2.77. The van der Waals surface area contributed by atoms with E-state index in [0.717, 1.165) is 0 Å². The Hall–Kier alpha value is -2.93. The molecule has 0 bridgehead atoms. The maximum absolute atomic E-state index is 12.4. The van der Waals surface area contributed by atoms with Crippen LogP contribution in [0.2, 0.25) is 0 Å². The van der Waals surface area contributed by atoms with E-state index in [-0.39, 0.29) is 34.3 Å². The molecule has 126 valence electrons. The lowest BCUT2D eigenvalue weighted by Gasteiger charge is -2.30. The van der Waals surface area contributed by atoms with Gasteiger partial charge < -0.3 is 29.5 Å². The molecule has 7 heteroatoms. The van der Waals surface area contributed by atoms with E-state index in [1.54, 1.807) is 0 Å². The summed E-state index contributed by atoms with van der Waals surface area (Å²) in [6.07, 6.45) is -2.44. The second kappa shape index (κ2) is 5.93. The summed E-state index contributed by atoms with van der Waals surface area (Å²) >= 11 is 0. The fraction of sp³-hybridized carbons (Fsp3) is 0.235. The minimum atomic E-state index is -1.46. The highest BCUT2D eigenvalue weighted by atomic mass is 16.5. The van der Waals surface area contributed by atoms with Gasteiger partial charge in [0.1, 0.15) is 5.75 Å². The van der Waals surface area contributed by atoms with Gasteiger partial charge in [0.2, 0.25) is 0 Å². The van der Waals surface area contributed by atoms with Gasteiger partial charge in [0.15, 0.2) is 41.0 Å². The Morgan fingerprint density at radius 2 is 1.67 bits per heavy atom. The number of aliphatic hydroxyl groups is 1. The fourth-order valence-corrected chi connectivity index (χ4v) is 2.62. The number of ketones is 1. The highest BCUT2D eigenvalue weighted by Crippen LogP contribution is 2.42. The van der Waals surface area contributed by atoms with E-state index >= 15 is 0 Å². The number of hydrogen-bond donors (Lipinski definition) is 3. The maximum atomic E-state index is 12.4. The minimum absolute atomic E-state index is 0.0649. The molecule has 0 aromatic heterocycles. The molecule has 0 spiro atoms. The number of aromatic hydroxyl groups is 2. The summed E-state index contributed by atoms with van der Waals surface area (Å²) in [5, 5.41) is 29.8.